The molecule has 1 aromatic rings. The van der Waals surface area contributed by atoms with Crippen LogP contribution in [0.2, 0.25) is 0 Å². The predicted molar refractivity (Wildman–Crippen MR) is 103 cm³/mol. The molecule has 4 heteroatoms. The Morgan fingerprint density at radius 3 is 2.40 bits per heavy atom. The summed E-state index contributed by atoms with van der Waals surface area (Å²) in [6.07, 6.45) is 1.05. The number of hydrogen-bond acceptors (Lipinski definition) is 3. The molecule has 1 fully saturated rings. The number of hydrogen-bond donors (Lipinski definition) is 1. The standard InChI is InChI=1S/C21H34N2O2/c1-16-14-22(15-17(2)24)12-13-23(16)20(25)11-8-18-6-9-19(10-7-18)21(3,4)5/h6-7,9-10,16-17,24H,8,11-15H2,1-5H3/t16-,17+/m0/s1. The number of benzene rings is 1. The Labute approximate surface area is 152 Å². The third-order valence-electron chi connectivity index (χ3n) is 5.00. The molecule has 2 atom stereocenters. The second kappa shape index (κ2) is 8.33. The molecule has 0 unspecified atom stereocenters. The van der Waals surface area contributed by atoms with Crippen LogP contribution in [0.3, 0.4) is 0 Å². The van der Waals surface area contributed by atoms with Crippen molar-refractivity contribution >= 4 is 5.91 Å². The van der Waals surface area contributed by atoms with Gasteiger partial charge in [-0.25, -0.2) is 0 Å². The number of carbonyl (C=O) groups is 1. The van der Waals surface area contributed by atoms with E-state index in [9.17, 15) is 9.90 Å². The van der Waals surface area contributed by atoms with Crippen molar-refractivity contribution < 1.29 is 9.90 Å². The fraction of sp³-hybridized carbons (Fsp3) is 0.667. The van der Waals surface area contributed by atoms with E-state index in [4.69, 9.17) is 0 Å². The molecular weight excluding hydrogens is 312 g/mol. The zero-order valence-electron chi connectivity index (χ0n) is 16.5. The van der Waals surface area contributed by atoms with Crippen LogP contribution in [0.1, 0.15) is 52.2 Å². The first-order valence-electron chi connectivity index (χ1n) is 9.46. The van der Waals surface area contributed by atoms with Crippen LogP contribution in [-0.4, -0.2) is 59.1 Å². The molecule has 0 spiro atoms. The molecule has 140 valence electrons. The Morgan fingerprint density at radius 1 is 1.24 bits per heavy atom. The van der Waals surface area contributed by atoms with Gasteiger partial charge in [0.2, 0.25) is 5.91 Å². The van der Waals surface area contributed by atoms with Crippen LogP contribution in [0.25, 0.3) is 0 Å². The smallest absolute Gasteiger partial charge is 0.223 e. The van der Waals surface area contributed by atoms with Crippen LogP contribution >= 0.6 is 0 Å². The van der Waals surface area contributed by atoms with Gasteiger partial charge in [0, 0.05) is 38.6 Å². The normalized spacial score (nSPS) is 20.6. The van der Waals surface area contributed by atoms with E-state index in [0.717, 1.165) is 26.1 Å². The Kier molecular flexibility index (Phi) is 6.64. The molecular formula is C21H34N2O2. The lowest BCUT2D eigenvalue weighted by atomic mass is 9.86. The fourth-order valence-electron chi connectivity index (χ4n) is 3.51. The second-order valence-corrected chi connectivity index (χ2v) is 8.49. The van der Waals surface area contributed by atoms with Gasteiger partial charge in [-0.3, -0.25) is 9.69 Å². The summed E-state index contributed by atoms with van der Waals surface area (Å²) < 4.78 is 0. The van der Waals surface area contributed by atoms with E-state index >= 15 is 0 Å². The maximum Gasteiger partial charge on any atom is 0.223 e. The lowest BCUT2D eigenvalue weighted by Gasteiger charge is -2.40. The molecule has 25 heavy (non-hydrogen) atoms. The molecule has 1 aliphatic rings. The molecule has 0 aliphatic carbocycles. The minimum absolute atomic E-state index is 0.162. The summed E-state index contributed by atoms with van der Waals surface area (Å²) in [5.41, 5.74) is 2.71. The number of nitrogens with zero attached hydrogens (tertiary/aromatic N) is 2. The third-order valence-corrected chi connectivity index (χ3v) is 5.00. The molecule has 4 nitrogen and oxygen atoms in total. The van der Waals surface area contributed by atoms with Gasteiger partial charge in [0.05, 0.1) is 6.10 Å². The first-order chi connectivity index (χ1) is 11.7. The maximum atomic E-state index is 12.6. The van der Waals surface area contributed by atoms with Crippen molar-refractivity contribution in [1.82, 2.24) is 9.80 Å². The summed E-state index contributed by atoms with van der Waals surface area (Å²) >= 11 is 0. The zero-order chi connectivity index (χ0) is 18.6. The van der Waals surface area contributed by atoms with E-state index in [1.54, 1.807) is 0 Å². The lowest BCUT2D eigenvalue weighted by molar-refractivity contribution is -0.135. The minimum atomic E-state index is -0.314. The van der Waals surface area contributed by atoms with E-state index in [-0.39, 0.29) is 23.5 Å². The van der Waals surface area contributed by atoms with Gasteiger partial charge in [0.15, 0.2) is 0 Å². The number of piperazine rings is 1. The fourth-order valence-corrected chi connectivity index (χ4v) is 3.51. The Balaban J connectivity index is 1.84. The van der Waals surface area contributed by atoms with Crippen LogP contribution in [0.4, 0.5) is 0 Å². The summed E-state index contributed by atoms with van der Waals surface area (Å²) in [5.74, 6) is 0.240. The Bertz CT molecular complexity index is 560. The third kappa shape index (κ3) is 5.82. The van der Waals surface area contributed by atoms with E-state index in [0.29, 0.717) is 13.0 Å². The van der Waals surface area contributed by atoms with Gasteiger partial charge in [0.1, 0.15) is 0 Å². The first-order valence-corrected chi connectivity index (χ1v) is 9.46. The van der Waals surface area contributed by atoms with E-state index in [1.807, 2.05) is 11.8 Å². The average Bonchev–Trinajstić information content (AvgIpc) is 2.51. The predicted octanol–water partition coefficient (Wildman–Crippen LogP) is 2.83. The summed E-state index contributed by atoms with van der Waals surface area (Å²) in [6.45, 7) is 13.7. The van der Waals surface area contributed by atoms with Crippen molar-refractivity contribution in [1.29, 1.82) is 0 Å². The molecule has 0 bridgehead atoms. The number of aryl methyl sites for hydroxylation is 1. The number of aliphatic hydroxyl groups is 1. The van der Waals surface area contributed by atoms with Crippen molar-refractivity contribution in [3.05, 3.63) is 35.4 Å². The monoisotopic (exact) mass is 346 g/mol. The number of β-amino-alcohol motifs (C(OH)–C–C–N with tert-alkyl or cyclic N) is 1. The van der Waals surface area contributed by atoms with Gasteiger partial charge in [-0.1, -0.05) is 45.0 Å². The van der Waals surface area contributed by atoms with Crippen molar-refractivity contribution in [2.45, 2.75) is 65.0 Å². The molecule has 0 saturated carbocycles. The topological polar surface area (TPSA) is 43.8 Å². The SMILES string of the molecule is C[C@@H](O)CN1CCN(C(=O)CCc2ccc(C(C)(C)C)cc2)[C@@H](C)C1. The molecule has 0 aromatic heterocycles. The molecule has 1 aromatic carbocycles. The summed E-state index contributed by atoms with van der Waals surface area (Å²) in [7, 11) is 0. The maximum absolute atomic E-state index is 12.6. The van der Waals surface area contributed by atoms with E-state index in [1.165, 1.54) is 11.1 Å². The lowest BCUT2D eigenvalue weighted by Crippen LogP contribution is -2.55. The van der Waals surface area contributed by atoms with E-state index in [2.05, 4.69) is 56.9 Å². The number of rotatable bonds is 5. The highest BCUT2D eigenvalue weighted by atomic mass is 16.3. The number of amides is 1. The Hall–Kier alpha value is -1.39. The van der Waals surface area contributed by atoms with Gasteiger partial charge in [0.25, 0.3) is 0 Å². The quantitative estimate of drug-likeness (QED) is 0.892. The second-order valence-electron chi connectivity index (χ2n) is 8.49. The molecule has 1 amide bonds. The van der Waals surface area contributed by atoms with Gasteiger partial charge in [-0.2, -0.15) is 0 Å². The molecule has 1 aliphatic heterocycles. The van der Waals surface area contributed by atoms with Crippen molar-refractivity contribution in [2.24, 2.45) is 0 Å². The van der Waals surface area contributed by atoms with Gasteiger partial charge < -0.3 is 10.0 Å². The summed E-state index contributed by atoms with van der Waals surface area (Å²) in [4.78, 5) is 16.8. The van der Waals surface area contributed by atoms with E-state index < -0.39 is 0 Å². The summed E-state index contributed by atoms with van der Waals surface area (Å²) in [6, 6.07) is 8.87. The van der Waals surface area contributed by atoms with Crippen LogP contribution in [0.5, 0.6) is 0 Å². The van der Waals surface area contributed by atoms with Crippen molar-refractivity contribution in [3.8, 4) is 0 Å². The molecule has 0 radical (unpaired) electrons. The van der Waals surface area contributed by atoms with Crippen molar-refractivity contribution in [3.63, 3.8) is 0 Å². The highest BCUT2D eigenvalue weighted by Crippen LogP contribution is 2.22. The highest BCUT2D eigenvalue weighted by molar-refractivity contribution is 5.77. The van der Waals surface area contributed by atoms with Crippen molar-refractivity contribution in [2.75, 3.05) is 26.2 Å². The number of carbonyl (C=O) groups excluding carboxylic acids is 1. The molecule has 2 rings (SSSR count). The first kappa shape index (κ1) is 19.9. The van der Waals surface area contributed by atoms with Gasteiger partial charge in [-0.05, 0) is 36.8 Å². The number of aliphatic hydroxyl groups excluding tert-OH is 1. The van der Waals surface area contributed by atoms with Crippen LogP contribution in [0.15, 0.2) is 24.3 Å². The van der Waals surface area contributed by atoms with Gasteiger partial charge >= 0.3 is 0 Å². The average molecular weight is 347 g/mol. The largest absolute Gasteiger partial charge is 0.392 e. The molecule has 1 N–H and O–H groups in total. The van der Waals surface area contributed by atoms with Crippen LogP contribution in [0, 0.1) is 0 Å². The zero-order valence-corrected chi connectivity index (χ0v) is 16.5. The van der Waals surface area contributed by atoms with Gasteiger partial charge in [-0.15, -0.1) is 0 Å². The molecule has 1 heterocycles. The van der Waals surface area contributed by atoms with Crippen LogP contribution < -0.4 is 0 Å². The minimum Gasteiger partial charge on any atom is -0.392 e. The van der Waals surface area contributed by atoms with Crippen LogP contribution in [-0.2, 0) is 16.6 Å². The summed E-state index contributed by atoms with van der Waals surface area (Å²) in [5, 5.41) is 9.52. The highest BCUT2D eigenvalue weighted by Gasteiger charge is 2.27. The molecule has 1 saturated heterocycles. The Morgan fingerprint density at radius 2 is 1.88 bits per heavy atom.